The molecule has 4 aliphatic rings. The summed E-state index contributed by atoms with van der Waals surface area (Å²) < 4.78 is 6.66. The van der Waals surface area contributed by atoms with Gasteiger partial charge in [0.25, 0.3) is 0 Å². The standard InChI is InChI=1S/C62H37NOS2/c1-4-20-43-39(17-1)42-37-38(35-36-45(42)61(43)46-22-6-11-31-55(46)65-56-32-12-7-23-47(56)61)63(52-28-16-30-54-60(52)41-19-3-10-29-53(41)64-54)51-27-15-26-50-59(51)40-18-2-5-21-44(40)62(50)48-24-8-13-33-57(48)66-58-34-14-9-25-49(58)62/h1-37H. The van der Waals surface area contributed by atoms with Crippen LogP contribution >= 0.6 is 23.5 Å². The Balaban J connectivity index is 1.05. The minimum atomic E-state index is -0.510. The van der Waals surface area contributed by atoms with Gasteiger partial charge in [-0.05, 0) is 122 Å². The largest absolute Gasteiger partial charge is 0.456 e. The maximum atomic E-state index is 6.66. The topological polar surface area (TPSA) is 16.4 Å². The molecule has 0 unspecified atom stereocenters. The van der Waals surface area contributed by atoms with Crippen LogP contribution in [0, 0.1) is 0 Å². The van der Waals surface area contributed by atoms with E-state index in [0.29, 0.717) is 0 Å². The monoisotopic (exact) mass is 875 g/mol. The molecule has 0 bridgehead atoms. The zero-order chi connectivity index (χ0) is 43.1. The number of nitrogens with zero attached hydrogens (tertiary/aromatic N) is 1. The SMILES string of the molecule is c1ccc2c(c1)Sc1ccccc1C21c2ccccc2-c2cc(N(c3cccc4c3-c3ccccc3C43c4ccccc4Sc4ccccc43)c3cccc4oc5ccccc5c34)ccc21. The first-order valence-corrected chi connectivity index (χ1v) is 24.3. The third kappa shape index (κ3) is 4.60. The number of hydrogen-bond donors (Lipinski definition) is 0. The third-order valence-corrected chi connectivity index (χ3v) is 17.1. The van der Waals surface area contributed by atoms with E-state index in [4.69, 9.17) is 4.42 Å². The highest BCUT2D eigenvalue weighted by atomic mass is 32.2. The highest BCUT2D eigenvalue weighted by Crippen LogP contribution is 2.66. The molecular weight excluding hydrogens is 839 g/mol. The van der Waals surface area contributed by atoms with E-state index in [1.807, 2.05) is 23.5 Å². The molecule has 15 rings (SSSR count). The molecule has 2 nitrogen and oxygen atoms in total. The zero-order valence-corrected chi connectivity index (χ0v) is 37.2. The number of hydrogen-bond acceptors (Lipinski definition) is 4. The number of para-hydroxylation sites is 1. The van der Waals surface area contributed by atoms with Crippen molar-refractivity contribution in [2.24, 2.45) is 0 Å². The maximum Gasteiger partial charge on any atom is 0.137 e. The van der Waals surface area contributed by atoms with E-state index in [-0.39, 0.29) is 0 Å². The molecule has 308 valence electrons. The van der Waals surface area contributed by atoms with Crippen LogP contribution in [0.3, 0.4) is 0 Å². The van der Waals surface area contributed by atoms with Crippen molar-refractivity contribution < 1.29 is 4.42 Å². The molecule has 2 spiro atoms. The molecule has 0 fully saturated rings. The van der Waals surface area contributed by atoms with Gasteiger partial charge in [-0.25, -0.2) is 0 Å². The Morgan fingerprint density at radius 1 is 0.333 bits per heavy atom. The summed E-state index contributed by atoms with van der Waals surface area (Å²) in [5, 5.41) is 2.20. The molecule has 0 N–H and O–H groups in total. The summed E-state index contributed by atoms with van der Waals surface area (Å²) in [4.78, 5) is 7.75. The quantitative estimate of drug-likeness (QED) is 0.176. The maximum absolute atomic E-state index is 6.66. The van der Waals surface area contributed by atoms with Crippen LogP contribution in [0.2, 0.25) is 0 Å². The van der Waals surface area contributed by atoms with Gasteiger partial charge in [-0.3, -0.25) is 0 Å². The molecule has 0 saturated heterocycles. The molecule has 0 saturated carbocycles. The van der Waals surface area contributed by atoms with Crippen LogP contribution in [0.4, 0.5) is 17.1 Å². The van der Waals surface area contributed by atoms with Gasteiger partial charge in [0.2, 0.25) is 0 Å². The number of furan rings is 1. The zero-order valence-electron chi connectivity index (χ0n) is 35.5. The normalized spacial score (nSPS) is 14.8. The Kier molecular flexibility index (Phi) is 7.54. The van der Waals surface area contributed by atoms with Gasteiger partial charge < -0.3 is 9.32 Å². The molecular formula is C62H37NOS2. The minimum absolute atomic E-state index is 0.465. The summed E-state index contributed by atoms with van der Waals surface area (Å²) in [6.07, 6.45) is 0. The highest BCUT2D eigenvalue weighted by Gasteiger charge is 2.52. The molecule has 11 aromatic rings. The van der Waals surface area contributed by atoms with Crippen molar-refractivity contribution >= 4 is 62.5 Å². The van der Waals surface area contributed by atoms with Gasteiger partial charge in [0, 0.05) is 36.2 Å². The Morgan fingerprint density at radius 2 is 0.788 bits per heavy atom. The fourth-order valence-electron chi connectivity index (χ4n) is 12.4. The predicted octanol–water partition coefficient (Wildman–Crippen LogP) is 16.7. The number of benzene rings is 10. The van der Waals surface area contributed by atoms with E-state index in [9.17, 15) is 0 Å². The molecule has 2 aliphatic carbocycles. The lowest BCUT2D eigenvalue weighted by Gasteiger charge is -2.40. The van der Waals surface area contributed by atoms with E-state index in [1.165, 1.54) is 86.3 Å². The van der Waals surface area contributed by atoms with Crippen LogP contribution in [-0.4, -0.2) is 0 Å². The fourth-order valence-corrected chi connectivity index (χ4v) is 14.8. The Bertz CT molecular complexity index is 3790. The summed E-state index contributed by atoms with van der Waals surface area (Å²) >= 11 is 3.77. The Labute approximate surface area is 391 Å². The second-order valence-electron chi connectivity index (χ2n) is 17.8. The van der Waals surface area contributed by atoms with Crippen LogP contribution in [0.25, 0.3) is 44.2 Å². The molecule has 0 amide bonds. The summed E-state index contributed by atoms with van der Waals surface area (Å²) in [6.45, 7) is 0. The van der Waals surface area contributed by atoms with Gasteiger partial charge in [-0.2, -0.15) is 0 Å². The second-order valence-corrected chi connectivity index (χ2v) is 20.0. The highest BCUT2D eigenvalue weighted by molar-refractivity contribution is 7.99. The molecule has 3 heterocycles. The lowest BCUT2D eigenvalue weighted by molar-refractivity contribution is 0.669. The molecule has 0 radical (unpaired) electrons. The predicted molar refractivity (Wildman–Crippen MR) is 271 cm³/mol. The van der Waals surface area contributed by atoms with Crippen LogP contribution in [-0.2, 0) is 10.8 Å². The van der Waals surface area contributed by atoms with Crippen molar-refractivity contribution in [3.63, 3.8) is 0 Å². The second kappa shape index (κ2) is 13.5. The number of anilines is 3. The van der Waals surface area contributed by atoms with Crippen LogP contribution in [0.1, 0.15) is 44.5 Å². The molecule has 0 atom stereocenters. The average Bonchev–Trinajstić information content (AvgIpc) is 4.00. The first-order valence-electron chi connectivity index (χ1n) is 22.7. The molecule has 66 heavy (non-hydrogen) atoms. The van der Waals surface area contributed by atoms with Crippen molar-refractivity contribution in [3.05, 3.63) is 269 Å². The third-order valence-electron chi connectivity index (χ3n) is 14.8. The van der Waals surface area contributed by atoms with Crippen LogP contribution in [0.5, 0.6) is 0 Å². The van der Waals surface area contributed by atoms with Crippen molar-refractivity contribution in [2.45, 2.75) is 30.4 Å². The first-order chi connectivity index (χ1) is 32.7. The van der Waals surface area contributed by atoms with E-state index in [2.05, 4.69) is 229 Å². The summed E-state index contributed by atoms with van der Waals surface area (Å²) in [5.41, 5.74) is 19.7. The van der Waals surface area contributed by atoms with Crippen molar-refractivity contribution in [2.75, 3.05) is 4.90 Å². The molecule has 2 aliphatic heterocycles. The van der Waals surface area contributed by atoms with Crippen LogP contribution in [0.15, 0.2) is 248 Å². The van der Waals surface area contributed by atoms with E-state index < -0.39 is 10.8 Å². The smallest absolute Gasteiger partial charge is 0.137 e. The minimum Gasteiger partial charge on any atom is -0.456 e. The van der Waals surface area contributed by atoms with Gasteiger partial charge in [0.05, 0.1) is 27.6 Å². The number of fused-ring (bicyclic) bond motifs is 21. The van der Waals surface area contributed by atoms with Crippen molar-refractivity contribution in [3.8, 4) is 22.3 Å². The first kappa shape index (κ1) is 36.8. The van der Waals surface area contributed by atoms with Gasteiger partial charge in [-0.1, -0.05) is 187 Å². The fraction of sp³-hybridized carbons (Fsp3) is 0.0323. The van der Waals surface area contributed by atoms with Crippen LogP contribution < -0.4 is 4.90 Å². The van der Waals surface area contributed by atoms with Crippen molar-refractivity contribution in [1.29, 1.82) is 0 Å². The van der Waals surface area contributed by atoms with Gasteiger partial charge in [0.1, 0.15) is 11.2 Å². The summed E-state index contributed by atoms with van der Waals surface area (Å²) in [6, 6.07) is 83.9. The van der Waals surface area contributed by atoms with Gasteiger partial charge >= 0.3 is 0 Å². The van der Waals surface area contributed by atoms with Crippen molar-refractivity contribution in [1.82, 2.24) is 0 Å². The molecule has 10 aromatic carbocycles. The molecule has 1 aromatic heterocycles. The summed E-state index contributed by atoms with van der Waals surface area (Å²) in [5.74, 6) is 0. The van der Waals surface area contributed by atoms with E-state index in [1.54, 1.807) is 0 Å². The summed E-state index contributed by atoms with van der Waals surface area (Å²) in [7, 11) is 0. The van der Waals surface area contributed by atoms with E-state index >= 15 is 0 Å². The lowest BCUT2D eigenvalue weighted by Crippen LogP contribution is -2.32. The average molecular weight is 876 g/mol. The van der Waals surface area contributed by atoms with Gasteiger partial charge in [-0.15, -0.1) is 0 Å². The lowest BCUT2D eigenvalue weighted by atomic mass is 9.67. The Morgan fingerprint density at radius 3 is 1.44 bits per heavy atom. The number of rotatable bonds is 3. The Hall–Kier alpha value is -7.50. The van der Waals surface area contributed by atoms with E-state index in [0.717, 1.165) is 39.0 Å². The van der Waals surface area contributed by atoms with Gasteiger partial charge in [0.15, 0.2) is 0 Å². The molecule has 4 heteroatoms.